The van der Waals surface area contributed by atoms with Gasteiger partial charge in [-0.15, -0.1) is 0 Å². The van der Waals surface area contributed by atoms with Gasteiger partial charge in [0.15, 0.2) is 0 Å². The van der Waals surface area contributed by atoms with E-state index in [1.54, 1.807) is 0 Å². The predicted octanol–water partition coefficient (Wildman–Crippen LogP) is 4.58. The molecule has 0 spiro atoms. The van der Waals surface area contributed by atoms with E-state index >= 15 is 0 Å². The Morgan fingerprint density at radius 1 is 1.19 bits per heavy atom. The second kappa shape index (κ2) is 5.17. The number of hydrogen-bond acceptors (Lipinski definition) is 2. The Morgan fingerprint density at radius 2 is 1.86 bits per heavy atom. The van der Waals surface area contributed by atoms with Crippen molar-refractivity contribution >= 4 is 5.69 Å². The lowest BCUT2D eigenvalue weighted by Crippen LogP contribution is -2.46. The van der Waals surface area contributed by atoms with Crippen LogP contribution in [0.15, 0.2) is 36.4 Å². The van der Waals surface area contributed by atoms with E-state index in [0.717, 1.165) is 6.42 Å². The van der Waals surface area contributed by atoms with Gasteiger partial charge in [0.25, 0.3) is 0 Å². The molecule has 1 saturated carbocycles. The quantitative estimate of drug-likeness (QED) is 0.738. The molecule has 0 aromatic heterocycles. The van der Waals surface area contributed by atoms with Crippen molar-refractivity contribution in [2.24, 2.45) is 11.8 Å². The number of rotatable bonds is 2. The van der Waals surface area contributed by atoms with Crippen LogP contribution in [0.4, 0.5) is 5.69 Å². The van der Waals surface area contributed by atoms with Crippen LogP contribution in [0, 0.1) is 11.8 Å². The van der Waals surface area contributed by atoms with E-state index < -0.39 is 0 Å². The number of fused-ring (bicyclic) bond motifs is 2. The molecule has 1 heterocycles. The van der Waals surface area contributed by atoms with Crippen molar-refractivity contribution in [3.63, 3.8) is 0 Å². The fraction of sp³-hybridized carbons (Fsp3) is 0.579. The van der Waals surface area contributed by atoms with E-state index in [-0.39, 0.29) is 11.7 Å². The minimum Gasteiger partial charge on any atom is -0.378 e. The standard InChI is InChI=1S/C19H27NO/c1-13-6-9-15-12-17(13)18(21-19(15,2)3)14-7-10-16(11-8-14)20(4)5/h7-8,10-11,15,17-18H,1,6,9,12H2,2-5H3/t15-,17-,18+/m1/s1. The highest BCUT2D eigenvalue weighted by molar-refractivity contribution is 5.46. The average molecular weight is 285 g/mol. The lowest BCUT2D eigenvalue weighted by Gasteiger charge is -2.50. The second-order valence-electron chi connectivity index (χ2n) is 7.36. The summed E-state index contributed by atoms with van der Waals surface area (Å²) in [5.74, 6) is 1.16. The maximum absolute atomic E-state index is 6.52. The number of hydrogen-bond donors (Lipinski definition) is 0. The maximum atomic E-state index is 6.52. The molecule has 3 atom stereocenters. The first-order chi connectivity index (χ1) is 9.88. The normalized spacial score (nSPS) is 31.0. The van der Waals surface area contributed by atoms with Crippen molar-refractivity contribution in [3.05, 3.63) is 42.0 Å². The molecule has 0 N–H and O–H groups in total. The van der Waals surface area contributed by atoms with Crippen molar-refractivity contribution in [2.45, 2.75) is 44.8 Å². The third-order valence-electron chi connectivity index (χ3n) is 5.39. The summed E-state index contributed by atoms with van der Waals surface area (Å²) < 4.78 is 6.52. The first-order valence-electron chi connectivity index (χ1n) is 8.01. The highest BCUT2D eigenvalue weighted by atomic mass is 16.5. The van der Waals surface area contributed by atoms with Gasteiger partial charge in [-0.25, -0.2) is 0 Å². The van der Waals surface area contributed by atoms with Gasteiger partial charge in [0, 0.05) is 25.7 Å². The van der Waals surface area contributed by atoms with Crippen molar-refractivity contribution in [2.75, 3.05) is 19.0 Å². The Morgan fingerprint density at radius 3 is 2.48 bits per heavy atom. The third-order valence-corrected chi connectivity index (χ3v) is 5.39. The van der Waals surface area contributed by atoms with Crippen LogP contribution < -0.4 is 4.90 Å². The minimum absolute atomic E-state index is 0.0257. The van der Waals surface area contributed by atoms with Crippen LogP contribution in [0.1, 0.15) is 44.8 Å². The van der Waals surface area contributed by atoms with Gasteiger partial charge in [0.2, 0.25) is 0 Å². The smallest absolute Gasteiger partial charge is 0.0897 e. The molecule has 3 rings (SSSR count). The molecule has 21 heavy (non-hydrogen) atoms. The summed E-state index contributed by atoms with van der Waals surface area (Å²) in [4.78, 5) is 2.13. The van der Waals surface area contributed by atoms with Gasteiger partial charge in [-0.05, 0) is 56.7 Å². The number of nitrogens with zero attached hydrogens (tertiary/aromatic N) is 1. The molecule has 0 unspecified atom stereocenters. The molecule has 1 aromatic carbocycles. The fourth-order valence-electron chi connectivity index (χ4n) is 3.87. The van der Waals surface area contributed by atoms with E-state index in [9.17, 15) is 0 Å². The van der Waals surface area contributed by atoms with Gasteiger partial charge >= 0.3 is 0 Å². The van der Waals surface area contributed by atoms with Gasteiger partial charge in [-0.2, -0.15) is 0 Å². The molecule has 1 aromatic rings. The van der Waals surface area contributed by atoms with Gasteiger partial charge in [0.1, 0.15) is 0 Å². The van der Waals surface area contributed by atoms with Crippen molar-refractivity contribution in [3.8, 4) is 0 Å². The highest BCUT2D eigenvalue weighted by Gasteiger charge is 2.46. The van der Waals surface area contributed by atoms with Gasteiger partial charge in [-0.3, -0.25) is 0 Å². The summed E-state index contributed by atoms with van der Waals surface area (Å²) in [6.45, 7) is 8.82. The predicted molar refractivity (Wildman–Crippen MR) is 88.6 cm³/mol. The Labute approximate surface area is 128 Å². The number of anilines is 1. The Hall–Kier alpha value is -1.28. The molecule has 1 aliphatic heterocycles. The lowest BCUT2D eigenvalue weighted by molar-refractivity contribution is -0.173. The van der Waals surface area contributed by atoms with Crippen LogP contribution in [0.2, 0.25) is 0 Å². The minimum atomic E-state index is -0.0257. The zero-order valence-corrected chi connectivity index (χ0v) is 13.7. The zero-order valence-electron chi connectivity index (χ0n) is 13.7. The number of benzene rings is 1. The summed E-state index contributed by atoms with van der Waals surface area (Å²) in [5, 5.41) is 0. The van der Waals surface area contributed by atoms with E-state index in [4.69, 9.17) is 4.74 Å². The molecular weight excluding hydrogens is 258 g/mol. The Balaban J connectivity index is 1.90. The van der Waals surface area contributed by atoms with Crippen molar-refractivity contribution < 1.29 is 4.74 Å². The second-order valence-corrected chi connectivity index (χ2v) is 7.36. The van der Waals surface area contributed by atoms with Gasteiger partial charge in [-0.1, -0.05) is 24.3 Å². The molecule has 0 radical (unpaired) electrons. The monoisotopic (exact) mass is 285 g/mol. The third kappa shape index (κ3) is 2.62. The molecule has 1 aliphatic carbocycles. The van der Waals surface area contributed by atoms with E-state index in [1.165, 1.54) is 29.7 Å². The highest BCUT2D eigenvalue weighted by Crippen LogP contribution is 2.52. The molecule has 2 nitrogen and oxygen atoms in total. The molecule has 114 valence electrons. The largest absolute Gasteiger partial charge is 0.378 e. The first-order valence-corrected chi connectivity index (χ1v) is 8.01. The molecule has 2 fully saturated rings. The van der Waals surface area contributed by atoms with Crippen LogP contribution in [0.25, 0.3) is 0 Å². The topological polar surface area (TPSA) is 12.5 Å². The Bertz CT molecular complexity index is 529. The first kappa shape index (κ1) is 14.6. The molecule has 2 heteroatoms. The SMILES string of the molecule is C=C1CC[C@@H]2C[C@H]1[C@H](c1ccc(N(C)C)cc1)OC2(C)C. The van der Waals surface area contributed by atoms with Gasteiger partial charge in [0.05, 0.1) is 11.7 Å². The van der Waals surface area contributed by atoms with Crippen LogP contribution in [0.5, 0.6) is 0 Å². The van der Waals surface area contributed by atoms with E-state index in [0.29, 0.717) is 11.8 Å². The van der Waals surface area contributed by atoms with E-state index in [1.807, 2.05) is 0 Å². The number of ether oxygens (including phenoxy) is 1. The van der Waals surface area contributed by atoms with Crippen molar-refractivity contribution in [1.82, 2.24) is 0 Å². The van der Waals surface area contributed by atoms with Crippen molar-refractivity contribution in [1.29, 1.82) is 0 Å². The van der Waals surface area contributed by atoms with Gasteiger partial charge < -0.3 is 9.64 Å². The fourth-order valence-corrected chi connectivity index (χ4v) is 3.87. The summed E-state index contributed by atoms with van der Waals surface area (Å²) in [7, 11) is 4.14. The summed E-state index contributed by atoms with van der Waals surface area (Å²) in [5.41, 5.74) is 3.88. The van der Waals surface area contributed by atoms with Crippen LogP contribution in [0.3, 0.4) is 0 Å². The molecule has 1 saturated heterocycles. The maximum Gasteiger partial charge on any atom is 0.0897 e. The van der Waals surface area contributed by atoms with Crippen LogP contribution in [-0.4, -0.2) is 19.7 Å². The summed E-state index contributed by atoms with van der Waals surface area (Å²) in [6.07, 6.45) is 3.79. The van der Waals surface area contributed by atoms with Crippen LogP contribution >= 0.6 is 0 Å². The summed E-state index contributed by atoms with van der Waals surface area (Å²) in [6, 6.07) is 8.81. The molecule has 2 bridgehead atoms. The average Bonchev–Trinajstić information content (AvgIpc) is 2.45. The zero-order chi connectivity index (χ0) is 15.2. The molecule has 0 amide bonds. The lowest BCUT2D eigenvalue weighted by atomic mass is 9.67. The molecule has 2 aliphatic rings. The van der Waals surface area contributed by atoms with E-state index in [2.05, 4.69) is 63.7 Å². The van der Waals surface area contributed by atoms with Crippen LogP contribution in [-0.2, 0) is 4.74 Å². The molecular formula is C19H27NO. The Kier molecular flexibility index (Phi) is 3.61. The summed E-state index contributed by atoms with van der Waals surface area (Å²) >= 11 is 0.